The summed E-state index contributed by atoms with van der Waals surface area (Å²) in [5, 5.41) is 1.02. The minimum absolute atomic E-state index is 0.345. The maximum absolute atomic E-state index is 6.07. The highest BCUT2D eigenvalue weighted by molar-refractivity contribution is 6.65. The van der Waals surface area contributed by atoms with E-state index in [9.17, 15) is 0 Å². The fourth-order valence-corrected chi connectivity index (χ4v) is 2.18. The number of rotatable bonds is 1. The second-order valence-electron chi connectivity index (χ2n) is 5.89. The molecule has 0 atom stereocenters. The number of hydrogen-bond acceptors (Lipinski definition) is 4. The highest BCUT2D eigenvalue weighted by Crippen LogP contribution is 2.36. The first kappa shape index (κ1) is 12.6. The quantitative estimate of drug-likeness (QED) is 0.731. The number of nitrogens with zero attached hydrogens (tertiary/aromatic N) is 2. The predicted octanol–water partition coefficient (Wildman–Crippen LogP) is 1.93. The SMILES string of the molecule is CC1(C)OB(c2cncc3ncccc23)OC1(C)C. The summed E-state index contributed by atoms with van der Waals surface area (Å²) in [6.07, 6.45) is 5.31. The van der Waals surface area contributed by atoms with E-state index < -0.39 is 7.12 Å². The summed E-state index contributed by atoms with van der Waals surface area (Å²) in [6, 6.07) is 3.93. The zero-order valence-electron chi connectivity index (χ0n) is 11.7. The third-order valence-electron chi connectivity index (χ3n) is 4.07. The van der Waals surface area contributed by atoms with Gasteiger partial charge in [0.1, 0.15) is 0 Å². The van der Waals surface area contributed by atoms with E-state index in [1.54, 1.807) is 18.6 Å². The first-order valence-electron chi connectivity index (χ1n) is 6.45. The lowest BCUT2D eigenvalue weighted by Crippen LogP contribution is -2.41. The van der Waals surface area contributed by atoms with Gasteiger partial charge in [0.25, 0.3) is 0 Å². The lowest BCUT2D eigenvalue weighted by molar-refractivity contribution is 0.00578. The Morgan fingerprint density at radius 1 is 1.05 bits per heavy atom. The summed E-state index contributed by atoms with van der Waals surface area (Å²) < 4.78 is 12.1. The van der Waals surface area contributed by atoms with Crippen molar-refractivity contribution in [1.29, 1.82) is 0 Å². The van der Waals surface area contributed by atoms with Crippen molar-refractivity contribution >= 4 is 23.5 Å². The van der Waals surface area contributed by atoms with Crippen molar-refractivity contribution < 1.29 is 9.31 Å². The van der Waals surface area contributed by atoms with Gasteiger partial charge in [-0.25, -0.2) is 0 Å². The molecule has 1 saturated heterocycles. The van der Waals surface area contributed by atoms with Gasteiger partial charge in [-0.2, -0.15) is 0 Å². The molecule has 0 aliphatic carbocycles. The van der Waals surface area contributed by atoms with Gasteiger partial charge in [-0.3, -0.25) is 9.97 Å². The Morgan fingerprint density at radius 2 is 1.74 bits per heavy atom. The van der Waals surface area contributed by atoms with Crippen LogP contribution in [0.1, 0.15) is 27.7 Å². The number of hydrogen-bond donors (Lipinski definition) is 0. The molecule has 3 rings (SSSR count). The Labute approximate surface area is 113 Å². The zero-order chi connectivity index (χ0) is 13.7. The van der Waals surface area contributed by atoms with Crippen LogP contribution >= 0.6 is 0 Å². The monoisotopic (exact) mass is 256 g/mol. The van der Waals surface area contributed by atoms with E-state index in [2.05, 4.69) is 9.97 Å². The van der Waals surface area contributed by atoms with E-state index in [-0.39, 0.29) is 11.2 Å². The molecule has 0 aromatic carbocycles. The van der Waals surface area contributed by atoms with Gasteiger partial charge < -0.3 is 9.31 Å². The van der Waals surface area contributed by atoms with E-state index >= 15 is 0 Å². The highest BCUT2D eigenvalue weighted by Gasteiger charge is 2.52. The average Bonchev–Trinajstić information content (AvgIpc) is 2.58. The van der Waals surface area contributed by atoms with Crippen LogP contribution in [0.4, 0.5) is 0 Å². The van der Waals surface area contributed by atoms with E-state index in [0.29, 0.717) is 0 Å². The van der Waals surface area contributed by atoms with Crippen LogP contribution in [0, 0.1) is 0 Å². The van der Waals surface area contributed by atoms with Crippen LogP contribution < -0.4 is 5.46 Å². The van der Waals surface area contributed by atoms with Gasteiger partial charge in [0, 0.05) is 23.2 Å². The molecule has 1 aliphatic rings. The molecule has 5 heteroatoms. The molecule has 98 valence electrons. The number of pyridine rings is 2. The zero-order valence-corrected chi connectivity index (χ0v) is 11.7. The van der Waals surface area contributed by atoms with E-state index in [4.69, 9.17) is 9.31 Å². The van der Waals surface area contributed by atoms with Crippen molar-refractivity contribution in [2.24, 2.45) is 0 Å². The summed E-state index contributed by atoms with van der Waals surface area (Å²) in [5.74, 6) is 0. The maximum Gasteiger partial charge on any atom is 0.497 e. The molecular weight excluding hydrogens is 239 g/mol. The Hall–Kier alpha value is -1.46. The molecule has 19 heavy (non-hydrogen) atoms. The van der Waals surface area contributed by atoms with Gasteiger partial charge in [0.2, 0.25) is 0 Å². The van der Waals surface area contributed by atoms with Crippen LogP contribution in [-0.4, -0.2) is 28.3 Å². The van der Waals surface area contributed by atoms with E-state index in [0.717, 1.165) is 16.4 Å². The molecule has 1 aliphatic heterocycles. The minimum Gasteiger partial charge on any atom is -0.399 e. The molecule has 0 spiro atoms. The fraction of sp³-hybridized carbons (Fsp3) is 0.429. The van der Waals surface area contributed by atoms with Crippen LogP contribution in [0.25, 0.3) is 10.9 Å². The molecule has 4 nitrogen and oxygen atoms in total. The lowest BCUT2D eigenvalue weighted by atomic mass is 9.78. The average molecular weight is 256 g/mol. The van der Waals surface area contributed by atoms with Crippen molar-refractivity contribution in [3.8, 4) is 0 Å². The lowest BCUT2D eigenvalue weighted by Gasteiger charge is -2.32. The highest BCUT2D eigenvalue weighted by atomic mass is 16.7. The third-order valence-corrected chi connectivity index (χ3v) is 4.07. The van der Waals surface area contributed by atoms with Gasteiger partial charge in [-0.1, -0.05) is 6.07 Å². The summed E-state index contributed by atoms with van der Waals surface area (Å²) >= 11 is 0. The van der Waals surface area contributed by atoms with Crippen molar-refractivity contribution in [2.45, 2.75) is 38.9 Å². The Kier molecular flexibility index (Phi) is 2.66. The first-order chi connectivity index (χ1) is 8.91. The van der Waals surface area contributed by atoms with Crippen LogP contribution in [-0.2, 0) is 9.31 Å². The Morgan fingerprint density at radius 3 is 2.42 bits per heavy atom. The van der Waals surface area contributed by atoms with Crippen molar-refractivity contribution in [1.82, 2.24) is 9.97 Å². The summed E-state index contributed by atoms with van der Waals surface area (Å²) in [7, 11) is -0.398. The summed E-state index contributed by atoms with van der Waals surface area (Å²) in [4.78, 5) is 8.54. The molecular formula is C14H17BN2O2. The van der Waals surface area contributed by atoms with Crippen LogP contribution in [0.3, 0.4) is 0 Å². The molecule has 0 saturated carbocycles. The van der Waals surface area contributed by atoms with Crippen LogP contribution in [0.15, 0.2) is 30.7 Å². The topological polar surface area (TPSA) is 44.2 Å². The van der Waals surface area contributed by atoms with Gasteiger partial charge >= 0.3 is 7.12 Å². The molecule has 0 unspecified atom stereocenters. The fourth-order valence-electron chi connectivity index (χ4n) is 2.18. The smallest absolute Gasteiger partial charge is 0.399 e. The number of aromatic nitrogens is 2. The number of fused-ring (bicyclic) bond motifs is 1. The summed E-state index contributed by atoms with van der Waals surface area (Å²) in [5.41, 5.74) is 1.10. The first-order valence-corrected chi connectivity index (χ1v) is 6.45. The normalized spacial score (nSPS) is 20.9. The molecule has 0 amide bonds. The van der Waals surface area contributed by atoms with Crippen molar-refractivity contribution in [3.63, 3.8) is 0 Å². The predicted molar refractivity (Wildman–Crippen MR) is 75.3 cm³/mol. The molecule has 0 bridgehead atoms. The Bertz CT molecular complexity index is 606. The van der Waals surface area contributed by atoms with Crippen LogP contribution in [0.5, 0.6) is 0 Å². The molecule has 2 aromatic rings. The molecule has 1 fully saturated rings. The van der Waals surface area contributed by atoms with E-state index in [1.807, 2.05) is 39.8 Å². The molecule has 3 heterocycles. The van der Waals surface area contributed by atoms with Gasteiger partial charge in [0.15, 0.2) is 0 Å². The minimum atomic E-state index is -0.398. The molecule has 2 aromatic heterocycles. The third kappa shape index (κ3) is 1.93. The largest absolute Gasteiger partial charge is 0.497 e. The van der Waals surface area contributed by atoms with Crippen molar-refractivity contribution in [3.05, 3.63) is 30.7 Å². The maximum atomic E-state index is 6.07. The van der Waals surface area contributed by atoms with Gasteiger partial charge in [-0.05, 0) is 33.8 Å². The van der Waals surface area contributed by atoms with Gasteiger partial charge in [-0.15, -0.1) is 0 Å². The second-order valence-corrected chi connectivity index (χ2v) is 5.89. The molecule has 0 N–H and O–H groups in total. The second kappa shape index (κ2) is 4.02. The standard InChI is InChI=1S/C14H17BN2O2/c1-13(2)14(3,4)19-15(18-13)11-8-16-9-12-10(11)6-5-7-17-12/h5-9H,1-4H3. The summed E-state index contributed by atoms with van der Waals surface area (Å²) in [6.45, 7) is 8.18. The van der Waals surface area contributed by atoms with E-state index in [1.165, 1.54) is 0 Å². The van der Waals surface area contributed by atoms with Crippen LogP contribution in [0.2, 0.25) is 0 Å². The molecule has 0 radical (unpaired) electrons. The van der Waals surface area contributed by atoms with Gasteiger partial charge in [0.05, 0.1) is 22.9 Å². The Balaban J connectivity index is 2.08. The van der Waals surface area contributed by atoms with Crippen molar-refractivity contribution in [2.75, 3.05) is 0 Å².